The fraction of sp³-hybridized carbons (Fsp3) is 0. The fourth-order valence-electron chi connectivity index (χ4n) is 2.44. The van der Waals surface area contributed by atoms with Gasteiger partial charge in [-0.2, -0.15) is 0 Å². The Morgan fingerprint density at radius 1 is 0.655 bits per heavy atom. The molecule has 0 radical (unpaired) electrons. The zero-order valence-corrected chi connectivity index (χ0v) is 18.1. The molecule has 0 unspecified atom stereocenters. The molecular weight excluding hydrogens is 448 g/mol. The Balaban J connectivity index is 1.83. The summed E-state index contributed by atoms with van der Waals surface area (Å²) in [7, 11) is 0. The van der Waals surface area contributed by atoms with Gasteiger partial charge in [0.25, 0.3) is 0 Å². The first-order valence-corrected chi connectivity index (χ1v) is 10.1. The number of rotatable bonds is 7. The summed E-state index contributed by atoms with van der Waals surface area (Å²) in [6.07, 6.45) is 3.46. The summed E-state index contributed by atoms with van der Waals surface area (Å²) in [6, 6.07) is 22.1. The van der Waals surface area contributed by atoms with Gasteiger partial charge in [-0.3, -0.25) is 0 Å². The predicted molar refractivity (Wildman–Crippen MR) is 127 cm³/mol. The van der Waals surface area contributed by atoms with Crippen molar-refractivity contribution in [3.8, 4) is 0 Å². The van der Waals surface area contributed by atoms with E-state index in [1.807, 2.05) is 48.5 Å². The lowest BCUT2D eigenvalue weighted by Crippen LogP contribution is -2.11. The average Bonchev–Trinajstić information content (AvgIpc) is 2.67. The van der Waals surface area contributed by atoms with Crippen LogP contribution in [0.4, 0.5) is 17.1 Å². The highest BCUT2D eigenvalue weighted by Crippen LogP contribution is 2.23. The van der Waals surface area contributed by atoms with Crippen LogP contribution in [0.1, 0.15) is 0 Å². The van der Waals surface area contributed by atoms with E-state index < -0.39 is 0 Å². The smallest absolute Gasteiger partial charge is 0.127 e. The minimum atomic E-state index is 0.444. The number of allylic oxidation sites excluding steroid dienone is 2. The highest BCUT2D eigenvalue weighted by atomic mass is 35.5. The number of benzene rings is 3. The van der Waals surface area contributed by atoms with Gasteiger partial charge in [0.05, 0.1) is 5.03 Å². The highest BCUT2D eigenvalue weighted by Gasteiger charge is 2.06. The van der Waals surface area contributed by atoms with Crippen LogP contribution >= 0.6 is 46.4 Å². The molecule has 0 fully saturated rings. The molecule has 0 aliphatic carbocycles. The van der Waals surface area contributed by atoms with E-state index in [-0.39, 0.29) is 0 Å². The van der Waals surface area contributed by atoms with Gasteiger partial charge in [-0.05, 0) is 60.7 Å². The Bertz CT molecular complexity index is 998. The lowest BCUT2D eigenvalue weighted by molar-refractivity contribution is 1.35. The van der Waals surface area contributed by atoms with Crippen molar-refractivity contribution in [3.05, 3.63) is 111 Å². The van der Waals surface area contributed by atoms with Crippen LogP contribution in [0.3, 0.4) is 0 Å². The molecule has 148 valence electrons. The van der Waals surface area contributed by atoms with E-state index >= 15 is 0 Å². The monoisotopic (exact) mass is 463 g/mol. The molecule has 0 amide bonds. The molecule has 0 bridgehead atoms. The van der Waals surface area contributed by atoms with Crippen molar-refractivity contribution >= 4 is 63.5 Å². The summed E-state index contributed by atoms with van der Waals surface area (Å²) in [4.78, 5) is 0. The maximum atomic E-state index is 6.56. The largest absolute Gasteiger partial charge is 0.362 e. The molecule has 0 saturated heterocycles. The lowest BCUT2D eigenvalue weighted by Gasteiger charge is -2.15. The van der Waals surface area contributed by atoms with Crippen LogP contribution in [-0.2, 0) is 0 Å². The average molecular weight is 465 g/mol. The Morgan fingerprint density at radius 2 is 1.10 bits per heavy atom. The van der Waals surface area contributed by atoms with E-state index in [9.17, 15) is 0 Å². The second-order valence-electron chi connectivity index (χ2n) is 5.98. The third-order valence-electron chi connectivity index (χ3n) is 3.73. The van der Waals surface area contributed by atoms with Gasteiger partial charge >= 0.3 is 0 Å². The zero-order valence-electron chi connectivity index (χ0n) is 15.1. The van der Waals surface area contributed by atoms with Crippen molar-refractivity contribution in [2.75, 3.05) is 16.0 Å². The van der Waals surface area contributed by atoms with E-state index in [1.165, 1.54) is 0 Å². The van der Waals surface area contributed by atoms with Crippen LogP contribution in [0.5, 0.6) is 0 Å². The van der Waals surface area contributed by atoms with E-state index in [2.05, 4.69) is 16.0 Å². The van der Waals surface area contributed by atoms with E-state index in [0.717, 1.165) is 17.1 Å². The van der Waals surface area contributed by atoms with E-state index in [0.29, 0.717) is 25.9 Å². The van der Waals surface area contributed by atoms with Crippen LogP contribution in [0.25, 0.3) is 0 Å². The highest BCUT2D eigenvalue weighted by molar-refractivity contribution is 6.32. The Kier molecular flexibility index (Phi) is 7.73. The number of halogens is 4. The van der Waals surface area contributed by atoms with Crippen LogP contribution in [-0.4, -0.2) is 0 Å². The van der Waals surface area contributed by atoms with Gasteiger partial charge in [0.1, 0.15) is 5.82 Å². The van der Waals surface area contributed by atoms with Crippen LogP contribution in [0.15, 0.2) is 95.9 Å². The van der Waals surface area contributed by atoms with E-state index in [1.54, 1.807) is 36.5 Å². The molecule has 0 heterocycles. The second-order valence-corrected chi connectivity index (χ2v) is 7.70. The van der Waals surface area contributed by atoms with Gasteiger partial charge < -0.3 is 16.0 Å². The molecule has 3 N–H and O–H groups in total. The first-order chi connectivity index (χ1) is 14.0. The van der Waals surface area contributed by atoms with Gasteiger partial charge in [0.2, 0.25) is 0 Å². The molecule has 0 aliphatic heterocycles. The molecule has 3 aromatic carbocycles. The minimum Gasteiger partial charge on any atom is -0.362 e. The van der Waals surface area contributed by atoms with Crippen LogP contribution in [0.2, 0.25) is 15.1 Å². The van der Waals surface area contributed by atoms with E-state index in [4.69, 9.17) is 46.4 Å². The molecule has 7 heteroatoms. The second kappa shape index (κ2) is 10.5. The lowest BCUT2D eigenvalue weighted by atomic mass is 10.3. The van der Waals surface area contributed by atoms with Crippen molar-refractivity contribution in [3.63, 3.8) is 0 Å². The third kappa shape index (κ3) is 6.91. The summed E-state index contributed by atoms with van der Waals surface area (Å²) in [5, 5.41) is 12.0. The Labute approximate surface area is 189 Å². The number of hydrogen-bond acceptors (Lipinski definition) is 3. The Hall–Kier alpha value is -2.30. The first kappa shape index (κ1) is 21.4. The number of hydrogen-bond donors (Lipinski definition) is 3. The molecule has 0 aliphatic rings. The molecule has 0 spiro atoms. The SMILES string of the molecule is ClC(/C=C/Nc1cccc(Cl)c1)=C(Nc1cccc(Cl)c1)Nc1cccc(Cl)c1. The molecule has 3 nitrogen and oxygen atoms in total. The molecule has 3 rings (SSSR count). The standard InChI is InChI=1S/C22H17Cl4N3/c23-15-4-1-7-18(12-15)27-11-10-21(26)22(28-19-8-2-5-16(24)13-19)29-20-9-3-6-17(25)14-20/h1-14,27-29H/b11-10+. The maximum absolute atomic E-state index is 6.56. The van der Waals surface area contributed by atoms with Gasteiger partial charge in [0, 0.05) is 38.3 Å². The molecule has 0 atom stereocenters. The summed E-state index contributed by atoms with van der Waals surface area (Å²) < 4.78 is 0. The topological polar surface area (TPSA) is 36.1 Å². The minimum absolute atomic E-state index is 0.444. The van der Waals surface area contributed by atoms with Gasteiger partial charge in [-0.1, -0.05) is 64.6 Å². The predicted octanol–water partition coefficient (Wildman–Crippen LogP) is 8.20. The molecule has 3 aromatic rings. The van der Waals surface area contributed by atoms with Crippen molar-refractivity contribution in [2.24, 2.45) is 0 Å². The van der Waals surface area contributed by atoms with Crippen molar-refractivity contribution in [1.82, 2.24) is 0 Å². The maximum Gasteiger partial charge on any atom is 0.127 e. The van der Waals surface area contributed by atoms with Gasteiger partial charge in [-0.25, -0.2) is 0 Å². The Morgan fingerprint density at radius 3 is 1.59 bits per heavy atom. The number of anilines is 3. The molecule has 0 aromatic heterocycles. The van der Waals surface area contributed by atoms with Crippen molar-refractivity contribution < 1.29 is 0 Å². The fourth-order valence-corrected chi connectivity index (χ4v) is 3.17. The van der Waals surface area contributed by atoms with Crippen molar-refractivity contribution in [1.29, 1.82) is 0 Å². The van der Waals surface area contributed by atoms with Gasteiger partial charge in [0.15, 0.2) is 0 Å². The summed E-state index contributed by atoms with van der Waals surface area (Å²) in [6.45, 7) is 0. The quantitative estimate of drug-likeness (QED) is 0.308. The molecule has 0 saturated carbocycles. The summed E-state index contributed by atoms with van der Waals surface area (Å²) in [5.74, 6) is 0.570. The van der Waals surface area contributed by atoms with Crippen molar-refractivity contribution in [2.45, 2.75) is 0 Å². The normalized spacial score (nSPS) is 10.6. The van der Waals surface area contributed by atoms with Crippen LogP contribution in [0, 0.1) is 0 Å². The van der Waals surface area contributed by atoms with Gasteiger partial charge in [-0.15, -0.1) is 0 Å². The summed E-state index contributed by atoms with van der Waals surface area (Å²) >= 11 is 24.7. The molecule has 29 heavy (non-hydrogen) atoms. The number of nitrogens with one attached hydrogen (secondary N) is 3. The first-order valence-electron chi connectivity index (χ1n) is 8.63. The third-order valence-corrected chi connectivity index (χ3v) is 4.75. The molecular formula is C22H17Cl4N3. The van der Waals surface area contributed by atoms with Crippen LogP contribution < -0.4 is 16.0 Å². The zero-order chi connectivity index (χ0) is 20.6. The summed E-state index contributed by atoms with van der Waals surface area (Å²) in [5.41, 5.74) is 2.43.